The maximum atomic E-state index is 13.9. The van der Waals surface area contributed by atoms with Crippen LogP contribution in [0.1, 0.15) is 19.3 Å². The second-order valence-electron chi connectivity index (χ2n) is 5.65. The Morgan fingerprint density at radius 1 is 1.42 bits per heavy atom. The third kappa shape index (κ3) is 4.21. The first-order valence-electron chi connectivity index (χ1n) is 7.69. The molecule has 2 rings (SSSR count). The SMILES string of the molecule is CN(CCC(=O)O)C(=O)NC1CCCN(c2ccccc2F)C1=O. The van der Waals surface area contributed by atoms with Crippen LogP contribution in [0, 0.1) is 5.82 Å². The van der Waals surface area contributed by atoms with Gasteiger partial charge in [-0.25, -0.2) is 9.18 Å². The van der Waals surface area contributed by atoms with Gasteiger partial charge in [0, 0.05) is 20.1 Å². The highest BCUT2D eigenvalue weighted by Gasteiger charge is 2.32. The first kappa shape index (κ1) is 17.7. The lowest BCUT2D eigenvalue weighted by Gasteiger charge is -2.33. The monoisotopic (exact) mass is 337 g/mol. The maximum Gasteiger partial charge on any atom is 0.317 e. The van der Waals surface area contributed by atoms with Crippen LogP contribution in [-0.4, -0.2) is 54.1 Å². The van der Waals surface area contributed by atoms with Gasteiger partial charge in [-0.05, 0) is 25.0 Å². The molecule has 0 bridgehead atoms. The molecule has 2 N–H and O–H groups in total. The number of hydrogen-bond acceptors (Lipinski definition) is 3. The Hall–Kier alpha value is -2.64. The van der Waals surface area contributed by atoms with Gasteiger partial charge >= 0.3 is 12.0 Å². The van der Waals surface area contributed by atoms with Crippen molar-refractivity contribution in [3.8, 4) is 0 Å². The molecule has 0 aliphatic carbocycles. The molecule has 24 heavy (non-hydrogen) atoms. The van der Waals surface area contributed by atoms with Crippen molar-refractivity contribution < 1.29 is 23.9 Å². The topological polar surface area (TPSA) is 89.9 Å². The van der Waals surface area contributed by atoms with Crippen LogP contribution in [0.15, 0.2) is 24.3 Å². The molecule has 1 saturated heterocycles. The zero-order valence-electron chi connectivity index (χ0n) is 13.4. The van der Waals surface area contributed by atoms with E-state index in [1.54, 1.807) is 12.1 Å². The van der Waals surface area contributed by atoms with Gasteiger partial charge in [0.2, 0.25) is 5.91 Å². The van der Waals surface area contributed by atoms with Crippen LogP contribution >= 0.6 is 0 Å². The summed E-state index contributed by atoms with van der Waals surface area (Å²) >= 11 is 0. The zero-order valence-corrected chi connectivity index (χ0v) is 13.4. The van der Waals surface area contributed by atoms with E-state index in [4.69, 9.17) is 5.11 Å². The third-order valence-electron chi connectivity index (χ3n) is 3.89. The highest BCUT2D eigenvalue weighted by molar-refractivity contribution is 5.99. The molecule has 1 aromatic carbocycles. The molecule has 3 amide bonds. The molecular formula is C16H20FN3O4. The van der Waals surface area contributed by atoms with Crippen LogP contribution in [-0.2, 0) is 9.59 Å². The number of urea groups is 1. The van der Waals surface area contributed by atoms with Crippen molar-refractivity contribution in [2.45, 2.75) is 25.3 Å². The van der Waals surface area contributed by atoms with E-state index in [2.05, 4.69) is 5.32 Å². The summed E-state index contributed by atoms with van der Waals surface area (Å²) in [6, 6.07) is 4.72. The highest BCUT2D eigenvalue weighted by Crippen LogP contribution is 2.23. The number of benzene rings is 1. The minimum atomic E-state index is -1.01. The fourth-order valence-corrected chi connectivity index (χ4v) is 2.54. The predicted molar refractivity (Wildman–Crippen MR) is 85.2 cm³/mol. The summed E-state index contributed by atoms with van der Waals surface area (Å²) < 4.78 is 13.9. The van der Waals surface area contributed by atoms with Gasteiger partial charge in [-0.2, -0.15) is 0 Å². The molecule has 1 aliphatic heterocycles. The summed E-state index contributed by atoms with van der Waals surface area (Å²) in [5.41, 5.74) is 0.195. The maximum absolute atomic E-state index is 13.9. The van der Waals surface area contributed by atoms with Crippen LogP contribution in [0.25, 0.3) is 0 Å². The Labute approximate surface area is 139 Å². The van der Waals surface area contributed by atoms with Gasteiger partial charge in [-0.1, -0.05) is 12.1 Å². The number of carboxylic acids is 1. The van der Waals surface area contributed by atoms with Gasteiger partial charge in [0.05, 0.1) is 12.1 Å². The van der Waals surface area contributed by atoms with E-state index < -0.39 is 23.9 Å². The normalized spacial score (nSPS) is 17.5. The number of carbonyl (C=O) groups excluding carboxylic acids is 2. The first-order valence-corrected chi connectivity index (χ1v) is 7.69. The smallest absolute Gasteiger partial charge is 0.317 e. The number of nitrogens with zero attached hydrogens (tertiary/aromatic N) is 2. The number of hydrogen-bond donors (Lipinski definition) is 2. The summed E-state index contributed by atoms with van der Waals surface area (Å²) in [6.45, 7) is 0.431. The molecule has 7 nitrogen and oxygen atoms in total. The number of halogens is 1. The second-order valence-corrected chi connectivity index (χ2v) is 5.65. The molecule has 1 unspecified atom stereocenters. The average Bonchev–Trinajstić information content (AvgIpc) is 2.55. The van der Waals surface area contributed by atoms with Gasteiger partial charge in [0.1, 0.15) is 11.9 Å². The molecule has 130 valence electrons. The van der Waals surface area contributed by atoms with Gasteiger partial charge in [-0.3, -0.25) is 9.59 Å². The average molecular weight is 337 g/mol. The van der Waals surface area contributed by atoms with Crippen molar-refractivity contribution in [1.29, 1.82) is 0 Å². The van der Waals surface area contributed by atoms with Crippen LogP contribution in [0.3, 0.4) is 0 Å². The number of carbonyl (C=O) groups is 3. The van der Waals surface area contributed by atoms with Gasteiger partial charge in [0.15, 0.2) is 0 Å². The Kier molecular flexibility index (Phi) is 5.73. The number of nitrogens with one attached hydrogen (secondary N) is 1. The largest absolute Gasteiger partial charge is 0.481 e. The number of anilines is 1. The first-order chi connectivity index (χ1) is 11.4. The van der Waals surface area contributed by atoms with Gasteiger partial charge in [0.25, 0.3) is 0 Å². The fraction of sp³-hybridized carbons (Fsp3) is 0.438. The van der Waals surface area contributed by atoms with Gasteiger partial charge < -0.3 is 20.2 Å². The van der Waals surface area contributed by atoms with E-state index in [1.807, 2.05) is 0 Å². The Morgan fingerprint density at radius 2 is 2.12 bits per heavy atom. The van der Waals surface area contributed by atoms with Crippen molar-refractivity contribution in [3.63, 3.8) is 0 Å². The summed E-state index contributed by atoms with van der Waals surface area (Å²) in [4.78, 5) is 37.7. The lowest BCUT2D eigenvalue weighted by Crippen LogP contribution is -2.55. The molecule has 0 aromatic heterocycles. The number of piperidine rings is 1. The van der Waals surface area contributed by atoms with Crippen LogP contribution < -0.4 is 10.2 Å². The molecule has 8 heteroatoms. The summed E-state index contributed by atoms with van der Waals surface area (Å²) in [6.07, 6.45) is 0.913. The van der Waals surface area contributed by atoms with Crippen molar-refractivity contribution >= 4 is 23.6 Å². The predicted octanol–water partition coefficient (Wildman–Crippen LogP) is 1.44. The quantitative estimate of drug-likeness (QED) is 0.851. The molecule has 0 radical (unpaired) electrons. The lowest BCUT2D eigenvalue weighted by atomic mass is 10.0. The highest BCUT2D eigenvalue weighted by atomic mass is 19.1. The molecule has 1 atom stereocenters. The zero-order chi connectivity index (χ0) is 17.7. The van der Waals surface area contributed by atoms with Crippen molar-refractivity contribution in [1.82, 2.24) is 10.2 Å². The molecular weight excluding hydrogens is 317 g/mol. The molecule has 1 aliphatic rings. The van der Waals surface area contributed by atoms with Crippen molar-refractivity contribution in [2.24, 2.45) is 0 Å². The fourth-order valence-electron chi connectivity index (χ4n) is 2.54. The van der Waals surface area contributed by atoms with Crippen LogP contribution in [0.5, 0.6) is 0 Å². The number of para-hydroxylation sites is 1. The number of carboxylic acid groups (broad SMARTS) is 1. The Morgan fingerprint density at radius 3 is 2.79 bits per heavy atom. The Balaban J connectivity index is 2.01. The molecule has 0 spiro atoms. The minimum Gasteiger partial charge on any atom is -0.481 e. The molecule has 1 heterocycles. The molecule has 1 aromatic rings. The lowest BCUT2D eigenvalue weighted by molar-refractivity contribution is -0.137. The van der Waals surface area contributed by atoms with E-state index in [9.17, 15) is 18.8 Å². The Bertz CT molecular complexity index is 638. The van der Waals surface area contributed by atoms with Gasteiger partial charge in [-0.15, -0.1) is 0 Å². The number of amides is 3. The van der Waals surface area contributed by atoms with Crippen LogP contribution in [0.2, 0.25) is 0 Å². The van der Waals surface area contributed by atoms with Crippen LogP contribution in [0.4, 0.5) is 14.9 Å². The summed E-state index contributed by atoms with van der Waals surface area (Å²) in [5.74, 6) is -1.86. The molecule has 0 saturated carbocycles. The van der Waals surface area contributed by atoms with E-state index in [0.717, 1.165) is 0 Å². The molecule has 1 fully saturated rings. The summed E-state index contributed by atoms with van der Waals surface area (Å²) in [5, 5.41) is 11.2. The summed E-state index contributed by atoms with van der Waals surface area (Å²) in [7, 11) is 1.46. The standard InChI is InChI=1S/C16H20FN3O4/c1-19(10-8-14(21)22)16(24)18-12-6-4-9-20(15(12)23)13-7-3-2-5-11(13)17/h2-3,5,7,12H,4,6,8-10H2,1H3,(H,18,24)(H,21,22). The van der Waals surface area contributed by atoms with E-state index in [0.29, 0.717) is 19.4 Å². The third-order valence-corrected chi connectivity index (χ3v) is 3.89. The van der Waals surface area contributed by atoms with E-state index >= 15 is 0 Å². The second kappa shape index (κ2) is 7.76. The van der Waals surface area contributed by atoms with E-state index in [-0.39, 0.29) is 24.6 Å². The van der Waals surface area contributed by atoms with Crippen molar-refractivity contribution in [3.05, 3.63) is 30.1 Å². The number of aliphatic carboxylic acids is 1. The van der Waals surface area contributed by atoms with Crippen molar-refractivity contribution in [2.75, 3.05) is 25.0 Å². The number of rotatable bonds is 5. The minimum absolute atomic E-state index is 0.0408. The van der Waals surface area contributed by atoms with E-state index in [1.165, 1.54) is 29.0 Å².